The summed E-state index contributed by atoms with van der Waals surface area (Å²) in [5, 5.41) is 5.98. The summed E-state index contributed by atoms with van der Waals surface area (Å²) in [4.78, 5) is 22.7. The number of thiazole rings is 1. The van der Waals surface area contributed by atoms with Gasteiger partial charge in [-0.25, -0.2) is 9.78 Å². The van der Waals surface area contributed by atoms with Crippen LogP contribution in [0.15, 0.2) is 29.9 Å². The van der Waals surface area contributed by atoms with Crippen LogP contribution in [0.2, 0.25) is 0 Å². The number of aryl methyl sites for hydroxylation is 1. The Morgan fingerprint density at radius 1 is 1.45 bits per heavy atom. The van der Waals surface area contributed by atoms with Crippen LogP contribution in [0.1, 0.15) is 29.6 Å². The molecule has 0 spiro atoms. The molecule has 0 radical (unpaired) electrons. The van der Waals surface area contributed by atoms with Gasteiger partial charge in [-0.1, -0.05) is 0 Å². The van der Waals surface area contributed by atoms with Gasteiger partial charge in [0.05, 0.1) is 6.04 Å². The Labute approximate surface area is 121 Å². The number of hydrogen-bond acceptors (Lipinski definition) is 4. The van der Waals surface area contributed by atoms with Crippen LogP contribution in [0.25, 0.3) is 0 Å². The fraction of sp³-hybridized carbons (Fsp3) is 0.357. The van der Waals surface area contributed by atoms with Crippen LogP contribution in [0.3, 0.4) is 0 Å². The van der Waals surface area contributed by atoms with Crippen LogP contribution >= 0.6 is 11.3 Å². The number of nitrogens with zero attached hydrogens (tertiary/aromatic N) is 3. The number of rotatable bonds is 2. The lowest BCUT2D eigenvalue weighted by Gasteiger charge is -2.23. The predicted molar refractivity (Wildman–Crippen MR) is 78.8 cm³/mol. The second kappa shape index (κ2) is 5.58. The van der Waals surface area contributed by atoms with E-state index in [0.29, 0.717) is 0 Å². The first-order valence-corrected chi connectivity index (χ1v) is 7.51. The molecule has 0 bridgehead atoms. The molecule has 2 amide bonds. The van der Waals surface area contributed by atoms with Crippen LogP contribution in [-0.4, -0.2) is 27.4 Å². The molecule has 3 rings (SSSR count). The lowest BCUT2D eigenvalue weighted by atomic mass is 10.2. The van der Waals surface area contributed by atoms with Crippen LogP contribution < -0.4 is 5.32 Å². The van der Waals surface area contributed by atoms with Gasteiger partial charge in [-0.3, -0.25) is 4.98 Å². The lowest BCUT2D eigenvalue weighted by Crippen LogP contribution is -2.34. The molecule has 3 heterocycles. The third-order valence-electron chi connectivity index (χ3n) is 3.37. The molecule has 0 aliphatic carbocycles. The van der Waals surface area contributed by atoms with Gasteiger partial charge >= 0.3 is 6.03 Å². The number of carbonyl (C=O) groups excluding carboxylic acids is 1. The Balaban J connectivity index is 1.73. The number of likely N-dealkylation sites (tertiary alicyclic amines) is 1. The van der Waals surface area contributed by atoms with E-state index in [4.69, 9.17) is 0 Å². The second-order valence-corrected chi connectivity index (χ2v) is 5.73. The fourth-order valence-corrected chi connectivity index (χ4v) is 3.37. The van der Waals surface area contributed by atoms with Crippen molar-refractivity contribution >= 4 is 23.1 Å². The molecule has 2 aromatic rings. The summed E-state index contributed by atoms with van der Waals surface area (Å²) in [6, 6.07) is 3.62. The maximum absolute atomic E-state index is 12.4. The summed E-state index contributed by atoms with van der Waals surface area (Å²) in [7, 11) is 0. The summed E-state index contributed by atoms with van der Waals surface area (Å²) in [5.74, 6) is 0. The highest BCUT2D eigenvalue weighted by Gasteiger charge is 2.31. The monoisotopic (exact) mass is 288 g/mol. The first-order chi connectivity index (χ1) is 9.74. The van der Waals surface area contributed by atoms with E-state index < -0.39 is 0 Å². The van der Waals surface area contributed by atoms with Gasteiger partial charge in [0.25, 0.3) is 0 Å². The molecular formula is C14H16N4OS. The van der Waals surface area contributed by atoms with Crippen molar-refractivity contribution in [2.75, 3.05) is 11.9 Å². The Morgan fingerprint density at radius 2 is 2.25 bits per heavy atom. The molecule has 1 atom stereocenters. The molecule has 0 saturated carbocycles. The average molecular weight is 288 g/mol. The number of aromatic nitrogens is 2. The van der Waals surface area contributed by atoms with Crippen molar-refractivity contribution in [2.45, 2.75) is 25.8 Å². The molecule has 104 valence electrons. The number of carbonyl (C=O) groups is 1. The smallest absolute Gasteiger partial charge is 0.315 e. The molecule has 1 aliphatic heterocycles. The third-order valence-corrected chi connectivity index (χ3v) is 4.43. The normalized spacial score (nSPS) is 18.2. The molecule has 5 nitrogen and oxygen atoms in total. The number of anilines is 1. The van der Waals surface area contributed by atoms with E-state index in [2.05, 4.69) is 15.3 Å². The Morgan fingerprint density at radius 3 is 2.95 bits per heavy atom. The van der Waals surface area contributed by atoms with Crippen molar-refractivity contribution in [3.8, 4) is 0 Å². The SMILES string of the molecule is Cc1csc(C2CCCN2C(=O)Nc2ccncc2)n1. The fourth-order valence-electron chi connectivity index (χ4n) is 2.42. The van der Waals surface area contributed by atoms with Gasteiger partial charge in [0.15, 0.2) is 0 Å². The number of pyridine rings is 1. The molecule has 1 fully saturated rings. The summed E-state index contributed by atoms with van der Waals surface area (Å²) in [6.07, 6.45) is 5.34. The molecule has 6 heteroatoms. The van der Waals surface area contributed by atoms with Gasteiger partial charge in [-0.2, -0.15) is 0 Å². The van der Waals surface area contributed by atoms with Crippen molar-refractivity contribution < 1.29 is 4.79 Å². The number of amides is 2. The van der Waals surface area contributed by atoms with E-state index in [1.165, 1.54) is 0 Å². The molecule has 2 aromatic heterocycles. The number of urea groups is 1. The van der Waals surface area contributed by atoms with Crippen LogP contribution in [0, 0.1) is 6.92 Å². The van der Waals surface area contributed by atoms with Gasteiger partial charge in [-0.15, -0.1) is 11.3 Å². The maximum Gasteiger partial charge on any atom is 0.322 e. The maximum atomic E-state index is 12.4. The lowest BCUT2D eigenvalue weighted by molar-refractivity contribution is 0.207. The third kappa shape index (κ3) is 2.65. The standard InChI is InChI=1S/C14H16N4OS/c1-10-9-20-13(16-10)12-3-2-8-18(12)14(19)17-11-4-6-15-7-5-11/h4-7,9,12H,2-3,8H2,1H3,(H,15,17,19). The van der Waals surface area contributed by atoms with E-state index >= 15 is 0 Å². The summed E-state index contributed by atoms with van der Waals surface area (Å²) in [5.41, 5.74) is 1.79. The van der Waals surface area contributed by atoms with E-state index in [1.807, 2.05) is 17.2 Å². The molecule has 1 N–H and O–H groups in total. The summed E-state index contributed by atoms with van der Waals surface area (Å²) in [6.45, 7) is 2.76. The molecule has 1 saturated heterocycles. The van der Waals surface area contributed by atoms with Crippen molar-refractivity contribution in [2.24, 2.45) is 0 Å². The van der Waals surface area contributed by atoms with Gasteiger partial charge < -0.3 is 10.2 Å². The summed E-state index contributed by atoms with van der Waals surface area (Å²) < 4.78 is 0. The molecule has 0 aromatic carbocycles. The van der Waals surface area contributed by atoms with Crippen molar-refractivity contribution in [3.63, 3.8) is 0 Å². The molecule has 20 heavy (non-hydrogen) atoms. The highest BCUT2D eigenvalue weighted by molar-refractivity contribution is 7.09. The van der Waals surface area contributed by atoms with E-state index in [0.717, 1.165) is 35.8 Å². The minimum Gasteiger partial charge on any atom is -0.315 e. The predicted octanol–water partition coefficient (Wildman–Crippen LogP) is 3.22. The van der Waals surface area contributed by atoms with Crippen LogP contribution in [-0.2, 0) is 0 Å². The Kier molecular flexibility index (Phi) is 3.64. The topological polar surface area (TPSA) is 58.1 Å². The zero-order chi connectivity index (χ0) is 13.9. The highest BCUT2D eigenvalue weighted by atomic mass is 32.1. The van der Waals surface area contributed by atoms with Gasteiger partial charge in [0.2, 0.25) is 0 Å². The largest absolute Gasteiger partial charge is 0.322 e. The minimum absolute atomic E-state index is 0.0634. The first kappa shape index (κ1) is 13.1. The number of hydrogen-bond donors (Lipinski definition) is 1. The quantitative estimate of drug-likeness (QED) is 0.923. The molecule has 1 unspecified atom stereocenters. The van der Waals surface area contributed by atoms with Crippen molar-refractivity contribution in [3.05, 3.63) is 40.6 Å². The molecule has 1 aliphatic rings. The van der Waals surface area contributed by atoms with Crippen LogP contribution in [0.5, 0.6) is 0 Å². The zero-order valence-electron chi connectivity index (χ0n) is 11.2. The van der Waals surface area contributed by atoms with E-state index in [9.17, 15) is 4.79 Å². The van der Waals surface area contributed by atoms with E-state index in [1.54, 1.807) is 35.9 Å². The highest BCUT2D eigenvalue weighted by Crippen LogP contribution is 2.33. The Bertz CT molecular complexity index is 598. The number of nitrogens with one attached hydrogen (secondary N) is 1. The molecular weight excluding hydrogens is 272 g/mol. The second-order valence-electron chi connectivity index (χ2n) is 4.84. The van der Waals surface area contributed by atoms with Gasteiger partial charge in [0.1, 0.15) is 5.01 Å². The summed E-state index contributed by atoms with van der Waals surface area (Å²) >= 11 is 1.63. The average Bonchev–Trinajstić information content (AvgIpc) is 3.08. The zero-order valence-corrected chi connectivity index (χ0v) is 12.1. The Hall–Kier alpha value is -1.95. The minimum atomic E-state index is -0.0634. The van der Waals surface area contributed by atoms with E-state index in [-0.39, 0.29) is 12.1 Å². The van der Waals surface area contributed by atoms with Crippen LogP contribution in [0.4, 0.5) is 10.5 Å². The first-order valence-electron chi connectivity index (χ1n) is 6.64. The van der Waals surface area contributed by atoms with Gasteiger partial charge in [-0.05, 0) is 31.9 Å². The van der Waals surface area contributed by atoms with Crippen molar-refractivity contribution in [1.29, 1.82) is 0 Å². The van der Waals surface area contributed by atoms with Crippen molar-refractivity contribution in [1.82, 2.24) is 14.9 Å². The van der Waals surface area contributed by atoms with Gasteiger partial charge in [0, 0.05) is 35.7 Å².